The van der Waals surface area contributed by atoms with E-state index in [0.29, 0.717) is 87.1 Å². The Balaban J connectivity index is 1.13. The van der Waals surface area contributed by atoms with Crippen molar-refractivity contribution >= 4 is 34.1 Å². The van der Waals surface area contributed by atoms with E-state index in [4.69, 9.17) is 47.1 Å². The molecule has 0 fully saturated rings. The number of aromatic nitrogens is 2. The van der Waals surface area contributed by atoms with Crippen LogP contribution in [-0.2, 0) is 32.9 Å². The molecule has 0 radical (unpaired) electrons. The van der Waals surface area contributed by atoms with Crippen molar-refractivity contribution in [3.8, 4) is 52.1 Å². The maximum absolute atomic E-state index is 9.37. The van der Waals surface area contributed by atoms with Crippen LogP contribution in [0.3, 0.4) is 0 Å². The molecule has 4 N–H and O–H groups in total. The molecule has 0 saturated carbocycles. The van der Waals surface area contributed by atoms with Gasteiger partial charge in [0.05, 0.1) is 57.4 Å². The van der Waals surface area contributed by atoms with Crippen LogP contribution in [0.5, 0.6) is 28.9 Å². The minimum absolute atomic E-state index is 0.0136. The zero-order valence-electron chi connectivity index (χ0n) is 34.9. The number of ether oxygens (including phenoxy) is 4. The summed E-state index contributed by atoms with van der Waals surface area (Å²) in [6, 6.07) is 37.6. The second-order valence-electron chi connectivity index (χ2n) is 14.6. The molecule has 64 heavy (non-hydrogen) atoms. The van der Waals surface area contributed by atoms with Crippen LogP contribution >= 0.6 is 23.2 Å². The standard InChI is InChI=1S/C50H44Cl2N6O6/c1-32-37(30-63-47-22-45(38(20-43(47)51)26-55-14-16-59)61-28-35-8-2-6-33(18-35)24-53)10-4-11-40(32)41-12-5-13-42-49(41)57-31-58-50(42)64-48-23-46(39(21-44(48)52)27-56-15-17-60)62-29-36-9-3-7-34(19-36)25-54/h2-13,18-23,31,55-56,59-60H,14-17,26-30H2,1H3. The third-order valence-corrected chi connectivity index (χ3v) is 10.9. The Morgan fingerprint density at radius 1 is 0.594 bits per heavy atom. The summed E-state index contributed by atoms with van der Waals surface area (Å²) < 4.78 is 25.3. The average molecular weight is 896 g/mol. The number of nitrogens with zero attached hydrogens (tertiary/aromatic N) is 4. The summed E-state index contributed by atoms with van der Waals surface area (Å²) >= 11 is 13.6. The molecule has 6 aromatic carbocycles. The van der Waals surface area contributed by atoms with Crippen LogP contribution < -0.4 is 29.6 Å². The molecular formula is C50H44Cl2N6O6. The van der Waals surface area contributed by atoms with Crippen molar-refractivity contribution in [1.29, 1.82) is 10.5 Å². The fourth-order valence-electron chi connectivity index (χ4n) is 7.03. The molecule has 14 heteroatoms. The summed E-state index contributed by atoms with van der Waals surface area (Å²) in [5.74, 6) is 2.13. The van der Waals surface area contributed by atoms with E-state index in [1.54, 1.807) is 48.5 Å². The topological polar surface area (TPSA) is 175 Å². The first-order valence-corrected chi connectivity index (χ1v) is 21.2. The lowest BCUT2D eigenvalue weighted by atomic mass is 9.95. The van der Waals surface area contributed by atoms with Crippen LogP contribution in [0.2, 0.25) is 10.0 Å². The van der Waals surface area contributed by atoms with E-state index >= 15 is 0 Å². The van der Waals surface area contributed by atoms with Gasteiger partial charge in [-0.05, 0) is 77.2 Å². The van der Waals surface area contributed by atoms with Gasteiger partial charge in [-0.25, -0.2) is 9.97 Å². The van der Waals surface area contributed by atoms with Crippen molar-refractivity contribution in [2.24, 2.45) is 0 Å². The Hall–Kier alpha value is -6.74. The summed E-state index contributed by atoms with van der Waals surface area (Å²) in [6.07, 6.45) is 1.45. The summed E-state index contributed by atoms with van der Waals surface area (Å²) in [7, 11) is 0. The number of hydrogen-bond acceptors (Lipinski definition) is 12. The van der Waals surface area contributed by atoms with Crippen LogP contribution in [0.4, 0.5) is 0 Å². The molecule has 0 aliphatic rings. The fourth-order valence-corrected chi connectivity index (χ4v) is 7.49. The third kappa shape index (κ3) is 11.2. The van der Waals surface area contributed by atoms with Gasteiger partial charge in [-0.2, -0.15) is 10.5 Å². The van der Waals surface area contributed by atoms with Gasteiger partial charge in [-0.1, -0.05) is 77.8 Å². The first kappa shape index (κ1) is 45.3. The monoisotopic (exact) mass is 894 g/mol. The smallest absolute Gasteiger partial charge is 0.230 e. The van der Waals surface area contributed by atoms with Crippen molar-refractivity contribution in [2.45, 2.75) is 39.8 Å². The number of fused-ring (bicyclic) bond motifs is 1. The van der Waals surface area contributed by atoms with Crippen molar-refractivity contribution in [3.63, 3.8) is 0 Å². The fraction of sp³-hybridized carbons (Fsp3) is 0.200. The van der Waals surface area contributed by atoms with Crippen molar-refractivity contribution in [2.75, 3.05) is 26.3 Å². The predicted octanol–water partition coefficient (Wildman–Crippen LogP) is 9.35. The third-order valence-electron chi connectivity index (χ3n) is 10.3. The molecule has 0 aliphatic heterocycles. The van der Waals surface area contributed by atoms with Crippen molar-refractivity contribution in [1.82, 2.24) is 20.6 Å². The Labute approximate surface area is 381 Å². The van der Waals surface area contributed by atoms with Gasteiger partial charge >= 0.3 is 0 Å². The number of halogens is 2. The molecule has 12 nitrogen and oxygen atoms in total. The van der Waals surface area contributed by atoms with Gasteiger partial charge in [0.15, 0.2) is 5.75 Å². The number of benzene rings is 6. The minimum Gasteiger partial charge on any atom is -0.488 e. The van der Waals surface area contributed by atoms with Crippen LogP contribution in [0, 0.1) is 29.6 Å². The van der Waals surface area contributed by atoms with E-state index in [0.717, 1.165) is 44.5 Å². The van der Waals surface area contributed by atoms with Crippen molar-refractivity contribution in [3.05, 3.63) is 170 Å². The summed E-state index contributed by atoms with van der Waals surface area (Å²) in [5, 5.41) is 45.2. The summed E-state index contributed by atoms with van der Waals surface area (Å²) in [5.41, 5.74) is 8.65. The molecular weight excluding hydrogens is 851 g/mol. The van der Waals surface area contributed by atoms with Gasteiger partial charge in [-0.15, -0.1) is 0 Å². The number of aliphatic hydroxyl groups is 2. The molecule has 324 valence electrons. The van der Waals surface area contributed by atoms with E-state index in [9.17, 15) is 20.7 Å². The van der Waals surface area contributed by atoms with Crippen LogP contribution in [-0.4, -0.2) is 46.5 Å². The molecule has 0 spiro atoms. The molecule has 0 atom stereocenters. The maximum Gasteiger partial charge on any atom is 0.230 e. The second kappa shape index (κ2) is 22.1. The SMILES string of the molecule is Cc1c(COc2cc(OCc3cccc(C#N)c3)c(CNCCO)cc2Cl)cccc1-c1cccc2c(Oc3cc(OCc4cccc(C#N)c4)c(CNCCO)cc3Cl)ncnc12. The van der Waals surface area contributed by atoms with Crippen molar-refractivity contribution < 1.29 is 29.2 Å². The molecule has 7 aromatic rings. The van der Waals surface area contributed by atoms with Crippen LogP contribution in [0.15, 0.2) is 116 Å². The first-order valence-electron chi connectivity index (χ1n) is 20.4. The normalized spacial score (nSPS) is 10.9. The molecule has 0 amide bonds. The van der Waals surface area contributed by atoms with Gasteiger partial charge < -0.3 is 39.8 Å². The van der Waals surface area contributed by atoms with Crippen LogP contribution in [0.1, 0.15) is 44.5 Å². The Bertz CT molecular complexity index is 2850. The minimum atomic E-state index is -0.0262. The van der Waals surface area contributed by atoms with Gasteiger partial charge in [0.25, 0.3) is 0 Å². The molecule has 0 saturated heterocycles. The highest BCUT2D eigenvalue weighted by molar-refractivity contribution is 6.32. The lowest BCUT2D eigenvalue weighted by Gasteiger charge is -2.18. The van der Waals surface area contributed by atoms with E-state index in [-0.39, 0.29) is 33.0 Å². The molecule has 0 bridgehead atoms. The number of nitriles is 2. The number of aliphatic hydroxyl groups excluding tert-OH is 2. The largest absolute Gasteiger partial charge is 0.488 e. The van der Waals surface area contributed by atoms with E-state index in [1.165, 1.54) is 6.33 Å². The lowest BCUT2D eigenvalue weighted by molar-refractivity contribution is 0.282. The van der Waals surface area contributed by atoms with Gasteiger partial charge in [0, 0.05) is 55.0 Å². The van der Waals surface area contributed by atoms with E-state index in [1.807, 2.05) is 67.6 Å². The second-order valence-corrected chi connectivity index (χ2v) is 15.5. The number of nitrogens with one attached hydrogen (secondary N) is 2. The molecule has 0 aliphatic carbocycles. The molecule has 1 heterocycles. The lowest BCUT2D eigenvalue weighted by Crippen LogP contribution is -2.18. The maximum atomic E-state index is 9.37. The Morgan fingerprint density at radius 3 is 1.75 bits per heavy atom. The van der Waals surface area contributed by atoms with Gasteiger partial charge in [0.2, 0.25) is 5.88 Å². The number of para-hydroxylation sites is 1. The molecule has 0 unspecified atom stereocenters. The van der Waals surface area contributed by atoms with E-state index in [2.05, 4.69) is 27.8 Å². The summed E-state index contributed by atoms with van der Waals surface area (Å²) in [6.45, 7) is 4.21. The molecule has 1 aromatic heterocycles. The Morgan fingerprint density at radius 2 is 1.14 bits per heavy atom. The highest BCUT2D eigenvalue weighted by Gasteiger charge is 2.19. The first-order chi connectivity index (χ1) is 31.3. The van der Waals surface area contributed by atoms with Gasteiger partial charge in [-0.3, -0.25) is 0 Å². The Kier molecular flexibility index (Phi) is 15.6. The zero-order chi connectivity index (χ0) is 44.8. The number of hydrogen-bond donors (Lipinski definition) is 4. The highest BCUT2D eigenvalue weighted by atomic mass is 35.5. The molecule has 7 rings (SSSR count). The number of rotatable bonds is 20. The zero-order valence-corrected chi connectivity index (χ0v) is 36.4. The highest BCUT2D eigenvalue weighted by Crippen LogP contribution is 2.40. The summed E-state index contributed by atoms with van der Waals surface area (Å²) in [4.78, 5) is 9.22. The average Bonchev–Trinajstić information content (AvgIpc) is 3.32. The van der Waals surface area contributed by atoms with Gasteiger partial charge in [0.1, 0.15) is 43.4 Å². The van der Waals surface area contributed by atoms with E-state index < -0.39 is 0 Å². The quantitative estimate of drug-likeness (QED) is 0.0535. The predicted molar refractivity (Wildman–Crippen MR) is 246 cm³/mol. The van der Waals surface area contributed by atoms with Crippen LogP contribution in [0.25, 0.3) is 22.0 Å².